The fourth-order valence-corrected chi connectivity index (χ4v) is 6.78. The van der Waals surface area contributed by atoms with Crippen LogP contribution < -0.4 is 0 Å². The van der Waals surface area contributed by atoms with E-state index in [1.807, 2.05) is 36.8 Å². The molecule has 0 aliphatic heterocycles. The molecular formula is C54H76N4. The molecule has 0 radical (unpaired) electrons. The minimum atomic E-state index is 0. The monoisotopic (exact) mass is 781 g/mol. The van der Waals surface area contributed by atoms with E-state index >= 15 is 0 Å². The lowest BCUT2D eigenvalue weighted by Crippen LogP contribution is -1.95. The highest BCUT2D eigenvalue weighted by Gasteiger charge is 2.07. The molecule has 4 heterocycles. The highest BCUT2D eigenvalue weighted by molar-refractivity contribution is 5.84. The number of hydrogen-bond acceptors (Lipinski definition) is 2. The van der Waals surface area contributed by atoms with Gasteiger partial charge in [-0.1, -0.05) is 156 Å². The average Bonchev–Trinajstić information content (AvgIpc) is 3.72. The summed E-state index contributed by atoms with van der Waals surface area (Å²) in [6.07, 6.45) is 15.7. The Balaban J connectivity index is 0.000000251. The second kappa shape index (κ2) is 26.9. The number of aryl methyl sites for hydroxylation is 1. The fourth-order valence-electron chi connectivity index (χ4n) is 6.78. The standard InChI is InChI=1S/C13H17N.C12H15N.C10H14.2C9H13N.CH4/c1-10(2)8-11-9-14(3)13-7-5-4-6-12(11)13;1-9(2)7-10-8-13-12-6-4-3-5-11(10)12;1-9(2)8-10-6-4-3-5-7-10;1-8(2)6-9-4-3-5-10-7-9;1-8(2)7-9-5-3-4-6-10-9;/h4-7,9-10H,8H2,1-3H3;3-6,8-9,13H,7H2,1-2H3;3-7,9H,8H2,1-2H3;3-5,7-8H,6H2,1-2H3;3-6,8H,7H2,1-2H3;1H4. The van der Waals surface area contributed by atoms with Gasteiger partial charge in [0, 0.05) is 65.5 Å². The van der Waals surface area contributed by atoms with Gasteiger partial charge in [-0.3, -0.25) is 9.97 Å². The first kappa shape index (κ1) is 49.2. The van der Waals surface area contributed by atoms with Crippen LogP contribution in [0.2, 0.25) is 0 Å². The largest absolute Gasteiger partial charge is 0.361 e. The summed E-state index contributed by atoms with van der Waals surface area (Å²) in [6, 6.07) is 37.8. The van der Waals surface area contributed by atoms with Gasteiger partial charge in [-0.15, -0.1) is 0 Å². The molecule has 0 unspecified atom stereocenters. The summed E-state index contributed by atoms with van der Waals surface area (Å²) >= 11 is 0. The van der Waals surface area contributed by atoms with Gasteiger partial charge in [-0.05, 0) is 114 Å². The lowest BCUT2D eigenvalue weighted by molar-refractivity contribution is 0.635. The van der Waals surface area contributed by atoms with Crippen molar-refractivity contribution >= 4 is 21.8 Å². The SMILES string of the molecule is C.CC(C)Cc1c[nH]c2ccccc12.CC(C)Cc1ccccc1.CC(C)Cc1ccccn1.CC(C)Cc1cccnc1.CC(C)Cc1cn(C)c2ccccc12. The van der Waals surface area contributed by atoms with Crippen LogP contribution in [-0.4, -0.2) is 19.5 Å². The van der Waals surface area contributed by atoms with E-state index in [4.69, 9.17) is 0 Å². The minimum absolute atomic E-state index is 0. The minimum Gasteiger partial charge on any atom is -0.361 e. The molecule has 0 bridgehead atoms. The molecule has 0 amide bonds. The van der Waals surface area contributed by atoms with E-state index < -0.39 is 0 Å². The van der Waals surface area contributed by atoms with E-state index in [0.717, 1.165) is 42.9 Å². The van der Waals surface area contributed by atoms with Gasteiger partial charge in [0.1, 0.15) is 0 Å². The number of nitrogens with zero attached hydrogens (tertiary/aromatic N) is 3. The fraction of sp³-hybridized carbons (Fsp3) is 0.407. The maximum absolute atomic E-state index is 4.22. The molecule has 0 fully saturated rings. The third kappa shape index (κ3) is 19.0. The van der Waals surface area contributed by atoms with E-state index in [1.54, 1.807) is 0 Å². The van der Waals surface area contributed by atoms with E-state index in [0.29, 0.717) is 5.92 Å². The summed E-state index contributed by atoms with van der Waals surface area (Å²) in [7, 11) is 2.12. The molecule has 0 aliphatic rings. The number of hydrogen-bond donors (Lipinski definition) is 1. The zero-order valence-electron chi connectivity index (χ0n) is 37.0. The van der Waals surface area contributed by atoms with Crippen molar-refractivity contribution in [3.8, 4) is 0 Å². The van der Waals surface area contributed by atoms with Crippen LogP contribution >= 0.6 is 0 Å². The molecule has 0 spiro atoms. The van der Waals surface area contributed by atoms with Crippen molar-refractivity contribution in [3.63, 3.8) is 0 Å². The van der Waals surface area contributed by atoms with E-state index in [-0.39, 0.29) is 7.43 Å². The number of aromatic nitrogens is 4. The van der Waals surface area contributed by atoms with Crippen LogP contribution in [0.15, 0.2) is 140 Å². The second-order valence-electron chi connectivity index (χ2n) is 17.3. The number of benzene rings is 3. The molecule has 0 aliphatic carbocycles. The van der Waals surface area contributed by atoms with Crippen LogP contribution in [0.1, 0.15) is 105 Å². The third-order valence-electron chi connectivity index (χ3n) is 9.11. The van der Waals surface area contributed by atoms with Gasteiger partial charge in [0.25, 0.3) is 0 Å². The van der Waals surface area contributed by atoms with Crippen LogP contribution in [0.5, 0.6) is 0 Å². The molecule has 7 aromatic rings. The Kier molecular flexibility index (Phi) is 22.8. The molecule has 0 atom stereocenters. The average molecular weight is 781 g/mol. The van der Waals surface area contributed by atoms with E-state index in [2.05, 4.69) is 199 Å². The predicted octanol–water partition coefficient (Wildman–Crippen LogP) is 14.8. The van der Waals surface area contributed by atoms with Crippen LogP contribution in [0.4, 0.5) is 0 Å². The van der Waals surface area contributed by atoms with Crippen molar-refractivity contribution in [1.29, 1.82) is 0 Å². The summed E-state index contributed by atoms with van der Waals surface area (Å²) in [5.41, 5.74) is 9.46. The van der Waals surface area contributed by atoms with Crippen LogP contribution in [0.3, 0.4) is 0 Å². The van der Waals surface area contributed by atoms with Gasteiger partial charge in [0.15, 0.2) is 0 Å². The van der Waals surface area contributed by atoms with Crippen molar-refractivity contribution in [3.05, 3.63) is 168 Å². The van der Waals surface area contributed by atoms with Gasteiger partial charge in [0.2, 0.25) is 0 Å². The molecule has 3 aromatic carbocycles. The zero-order chi connectivity index (χ0) is 41.6. The first-order valence-electron chi connectivity index (χ1n) is 21.2. The predicted molar refractivity (Wildman–Crippen MR) is 256 cm³/mol. The van der Waals surface area contributed by atoms with Gasteiger partial charge >= 0.3 is 0 Å². The van der Waals surface area contributed by atoms with Gasteiger partial charge < -0.3 is 9.55 Å². The Labute approximate surface area is 353 Å². The molecule has 58 heavy (non-hydrogen) atoms. The van der Waals surface area contributed by atoms with E-state index in [9.17, 15) is 0 Å². The van der Waals surface area contributed by atoms with Crippen LogP contribution in [0, 0.1) is 29.6 Å². The molecule has 1 N–H and O–H groups in total. The van der Waals surface area contributed by atoms with Gasteiger partial charge in [-0.2, -0.15) is 0 Å². The molecule has 0 saturated carbocycles. The first-order chi connectivity index (χ1) is 27.3. The number of pyridine rings is 2. The maximum atomic E-state index is 4.22. The quantitative estimate of drug-likeness (QED) is 0.150. The molecule has 7 rings (SSSR count). The van der Waals surface area contributed by atoms with Crippen molar-refractivity contribution < 1.29 is 0 Å². The van der Waals surface area contributed by atoms with Gasteiger partial charge in [0.05, 0.1) is 0 Å². The molecule has 4 aromatic heterocycles. The molecule has 312 valence electrons. The Bertz CT molecular complexity index is 1940. The third-order valence-corrected chi connectivity index (χ3v) is 9.11. The summed E-state index contributed by atoms with van der Waals surface area (Å²) in [5.74, 6) is 3.64. The first-order valence-corrected chi connectivity index (χ1v) is 21.2. The normalized spacial score (nSPS) is 10.6. The van der Waals surface area contributed by atoms with Crippen molar-refractivity contribution in [1.82, 2.24) is 19.5 Å². The maximum Gasteiger partial charge on any atom is 0.0480 e. The van der Waals surface area contributed by atoms with Crippen molar-refractivity contribution in [2.45, 2.75) is 109 Å². The number of nitrogens with one attached hydrogen (secondary N) is 1. The van der Waals surface area contributed by atoms with Crippen LogP contribution in [0.25, 0.3) is 21.8 Å². The van der Waals surface area contributed by atoms with E-state index in [1.165, 1.54) is 62.6 Å². The number of rotatable bonds is 10. The molecule has 4 heteroatoms. The lowest BCUT2D eigenvalue weighted by atomic mass is 10.0. The Morgan fingerprint density at radius 2 is 1.03 bits per heavy atom. The second-order valence-corrected chi connectivity index (χ2v) is 17.3. The Hall–Kier alpha value is -4.96. The van der Waals surface area contributed by atoms with Gasteiger partial charge in [-0.25, -0.2) is 0 Å². The smallest absolute Gasteiger partial charge is 0.0480 e. The van der Waals surface area contributed by atoms with Crippen molar-refractivity contribution in [2.24, 2.45) is 36.6 Å². The summed E-state index contributed by atoms with van der Waals surface area (Å²) in [4.78, 5) is 11.6. The Morgan fingerprint density at radius 3 is 1.62 bits per heavy atom. The zero-order valence-corrected chi connectivity index (χ0v) is 37.0. The highest BCUT2D eigenvalue weighted by Crippen LogP contribution is 2.23. The Morgan fingerprint density at radius 1 is 0.500 bits per heavy atom. The van der Waals surface area contributed by atoms with Crippen molar-refractivity contribution in [2.75, 3.05) is 0 Å². The summed E-state index contributed by atoms with van der Waals surface area (Å²) in [6.45, 7) is 22.4. The number of para-hydroxylation sites is 2. The summed E-state index contributed by atoms with van der Waals surface area (Å²) < 4.78 is 2.22. The number of aromatic amines is 1. The highest BCUT2D eigenvalue weighted by atomic mass is 14.9. The lowest BCUT2D eigenvalue weighted by Gasteiger charge is -2.02. The molecule has 0 saturated heterocycles. The van der Waals surface area contributed by atoms with Crippen LogP contribution in [-0.2, 0) is 39.2 Å². The summed E-state index contributed by atoms with van der Waals surface area (Å²) in [5, 5.41) is 2.78. The molecule has 4 nitrogen and oxygen atoms in total. The number of fused-ring (bicyclic) bond motifs is 2. The molecular weight excluding hydrogens is 705 g/mol. The number of H-pyrrole nitrogens is 1. The topological polar surface area (TPSA) is 46.5 Å².